The van der Waals surface area contributed by atoms with E-state index in [1.54, 1.807) is 24.3 Å². The second-order valence-corrected chi connectivity index (χ2v) is 6.00. The molecule has 0 aliphatic heterocycles. The van der Waals surface area contributed by atoms with Gasteiger partial charge in [0.2, 0.25) is 11.8 Å². The Morgan fingerprint density at radius 3 is 2.22 bits per heavy atom. The summed E-state index contributed by atoms with van der Waals surface area (Å²) >= 11 is 0. The molecule has 0 radical (unpaired) electrons. The van der Waals surface area contributed by atoms with E-state index in [-0.39, 0.29) is 24.2 Å². The second-order valence-electron chi connectivity index (χ2n) is 6.00. The molecule has 1 aromatic carbocycles. The normalized spacial score (nSPS) is 13.3. The molecule has 2 unspecified atom stereocenters. The van der Waals surface area contributed by atoms with Crippen molar-refractivity contribution in [1.29, 1.82) is 0 Å². The maximum absolute atomic E-state index is 12.3. The number of hydrogen-bond donors (Lipinski definition) is 3. The highest BCUT2D eigenvalue weighted by Gasteiger charge is 2.25. The van der Waals surface area contributed by atoms with Crippen molar-refractivity contribution in [3.8, 4) is 0 Å². The standard InChI is InChI=1S/C17H25N3O3/c1-11(2)9-14(16(22)19-10-12(3)21)20-17(23)15(18)13-7-5-4-6-8-13/h4-8,11,14-15H,9-10,18H2,1-3H3,(H,19,22)(H,20,23). The molecule has 0 saturated heterocycles. The number of carbonyl (C=O) groups excluding carboxylic acids is 3. The van der Waals surface area contributed by atoms with Gasteiger partial charge < -0.3 is 16.4 Å². The van der Waals surface area contributed by atoms with Crippen LogP contribution in [0.3, 0.4) is 0 Å². The number of Topliss-reactive ketones (excluding diaryl/α,β-unsaturated/α-hetero) is 1. The van der Waals surface area contributed by atoms with Crippen molar-refractivity contribution in [1.82, 2.24) is 10.6 Å². The van der Waals surface area contributed by atoms with Crippen molar-refractivity contribution in [2.24, 2.45) is 11.7 Å². The van der Waals surface area contributed by atoms with Crippen LogP contribution in [0.4, 0.5) is 0 Å². The number of benzene rings is 1. The summed E-state index contributed by atoms with van der Waals surface area (Å²) in [5.74, 6) is -0.729. The fourth-order valence-electron chi connectivity index (χ4n) is 2.11. The molecule has 1 aromatic rings. The monoisotopic (exact) mass is 319 g/mol. The third-order valence-corrected chi connectivity index (χ3v) is 3.29. The first-order valence-corrected chi connectivity index (χ1v) is 7.69. The van der Waals surface area contributed by atoms with Gasteiger partial charge in [-0.3, -0.25) is 14.4 Å². The highest BCUT2D eigenvalue weighted by molar-refractivity contribution is 5.92. The highest BCUT2D eigenvalue weighted by atomic mass is 16.2. The van der Waals surface area contributed by atoms with E-state index in [9.17, 15) is 14.4 Å². The van der Waals surface area contributed by atoms with Crippen molar-refractivity contribution in [3.05, 3.63) is 35.9 Å². The number of ketones is 1. The lowest BCUT2D eigenvalue weighted by Gasteiger charge is -2.22. The van der Waals surface area contributed by atoms with Crippen LogP contribution in [0.1, 0.15) is 38.8 Å². The number of carbonyl (C=O) groups is 3. The number of nitrogens with one attached hydrogen (secondary N) is 2. The smallest absolute Gasteiger partial charge is 0.242 e. The predicted octanol–water partition coefficient (Wildman–Crippen LogP) is 0.923. The van der Waals surface area contributed by atoms with Crippen LogP contribution in [0.2, 0.25) is 0 Å². The second kappa shape index (κ2) is 9.05. The zero-order valence-electron chi connectivity index (χ0n) is 13.8. The largest absolute Gasteiger partial charge is 0.347 e. The Kier molecular flexibility index (Phi) is 7.41. The maximum Gasteiger partial charge on any atom is 0.242 e. The lowest BCUT2D eigenvalue weighted by molar-refractivity contribution is -0.130. The Balaban J connectivity index is 2.73. The first-order valence-electron chi connectivity index (χ1n) is 7.69. The van der Waals surface area contributed by atoms with E-state index in [0.29, 0.717) is 12.0 Å². The predicted molar refractivity (Wildman–Crippen MR) is 88.4 cm³/mol. The fourth-order valence-corrected chi connectivity index (χ4v) is 2.11. The van der Waals surface area contributed by atoms with E-state index in [1.807, 2.05) is 19.9 Å². The molecule has 4 N–H and O–H groups in total. The molecular weight excluding hydrogens is 294 g/mol. The summed E-state index contributed by atoms with van der Waals surface area (Å²) in [5.41, 5.74) is 6.62. The van der Waals surface area contributed by atoms with Crippen LogP contribution in [0.25, 0.3) is 0 Å². The van der Waals surface area contributed by atoms with Crippen LogP contribution in [0, 0.1) is 5.92 Å². The molecule has 0 aliphatic carbocycles. The molecule has 2 atom stereocenters. The third-order valence-electron chi connectivity index (χ3n) is 3.29. The molecule has 0 saturated carbocycles. The van der Waals surface area contributed by atoms with E-state index >= 15 is 0 Å². The van der Waals surface area contributed by atoms with Crippen LogP contribution in [-0.4, -0.2) is 30.2 Å². The van der Waals surface area contributed by atoms with E-state index in [0.717, 1.165) is 0 Å². The van der Waals surface area contributed by atoms with Crippen molar-refractivity contribution >= 4 is 17.6 Å². The molecule has 23 heavy (non-hydrogen) atoms. The van der Waals surface area contributed by atoms with Gasteiger partial charge in [-0.05, 0) is 24.8 Å². The molecule has 0 spiro atoms. The average molecular weight is 319 g/mol. The van der Waals surface area contributed by atoms with Gasteiger partial charge in [0, 0.05) is 0 Å². The zero-order valence-corrected chi connectivity index (χ0v) is 13.8. The zero-order chi connectivity index (χ0) is 17.4. The molecule has 0 fully saturated rings. The molecule has 6 heteroatoms. The molecule has 2 amide bonds. The van der Waals surface area contributed by atoms with Gasteiger partial charge in [-0.1, -0.05) is 44.2 Å². The Morgan fingerprint density at radius 1 is 1.09 bits per heavy atom. The van der Waals surface area contributed by atoms with Gasteiger partial charge in [0.25, 0.3) is 0 Å². The molecule has 0 heterocycles. The Labute approximate surface area is 136 Å². The van der Waals surface area contributed by atoms with E-state index in [1.165, 1.54) is 6.92 Å². The van der Waals surface area contributed by atoms with Crippen LogP contribution in [0.5, 0.6) is 0 Å². The van der Waals surface area contributed by atoms with Gasteiger partial charge >= 0.3 is 0 Å². The minimum absolute atomic E-state index is 0.0476. The third kappa shape index (κ3) is 6.61. The Hall–Kier alpha value is -2.21. The van der Waals surface area contributed by atoms with Crippen LogP contribution >= 0.6 is 0 Å². The number of rotatable bonds is 8. The van der Waals surface area contributed by atoms with Crippen molar-refractivity contribution in [2.75, 3.05) is 6.54 Å². The topological polar surface area (TPSA) is 101 Å². The minimum atomic E-state index is -0.841. The van der Waals surface area contributed by atoms with Gasteiger partial charge in [0.1, 0.15) is 17.9 Å². The van der Waals surface area contributed by atoms with E-state index in [2.05, 4.69) is 10.6 Å². The van der Waals surface area contributed by atoms with Gasteiger partial charge in [0.05, 0.1) is 6.54 Å². The van der Waals surface area contributed by atoms with Crippen molar-refractivity contribution in [2.45, 2.75) is 39.3 Å². The Bertz CT molecular complexity index is 543. The fraction of sp³-hybridized carbons (Fsp3) is 0.471. The quantitative estimate of drug-likeness (QED) is 0.663. The van der Waals surface area contributed by atoms with Gasteiger partial charge in [-0.2, -0.15) is 0 Å². The highest BCUT2D eigenvalue weighted by Crippen LogP contribution is 2.11. The molecular formula is C17H25N3O3. The van der Waals surface area contributed by atoms with Crippen molar-refractivity contribution in [3.63, 3.8) is 0 Å². The van der Waals surface area contributed by atoms with E-state index in [4.69, 9.17) is 5.73 Å². The molecule has 6 nitrogen and oxygen atoms in total. The average Bonchev–Trinajstić information content (AvgIpc) is 2.51. The molecule has 0 bridgehead atoms. The first kappa shape index (κ1) is 18.8. The SMILES string of the molecule is CC(=O)CNC(=O)C(CC(C)C)NC(=O)C(N)c1ccccc1. The molecule has 0 aliphatic rings. The van der Waals surface area contributed by atoms with E-state index < -0.39 is 18.0 Å². The number of hydrogen-bond acceptors (Lipinski definition) is 4. The van der Waals surface area contributed by atoms with Crippen molar-refractivity contribution < 1.29 is 14.4 Å². The summed E-state index contributed by atoms with van der Waals surface area (Å²) in [4.78, 5) is 35.4. The van der Waals surface area contributed by atoms with Gasteiger partial charge in [-0.15, -0.1) is 0 Å². The summed E-state index contributed by atoms with van der Waals surface area (Å²) in [5, 5.41) is 5.21. The summed E-state index contributed by atoms with van der Waals surface area (Å²) in [6.07, 6.45) is 0.469. The minimum Gasteiger partial charge on any atom is -0.347 e. The first-order chi connectivity index (χ1) is 10.8. The van der Waals surface area contributed by atoms with Gasteiger partial charge in [-0.25, -0.2) is 0 Å². The lowest BCUT2D eigenvalue weighted by Crippen LogP contribution is -2.50. The van der Waals surface area contributed by atoms with Crippen LogP contribution < -0.4 is 16.4 Å². The number of amides is 2. The number of nitrogens with two attached hydrogens (primary N) is 1. The summed E-state index contributed by atoms with van der Waals surface area (Å²) < 4.78 is 0. The lowest BCUT2D eigenvalue weighted by atomic mass is 10.0. The van der Waals surface area contributed by atoms with Crippen LogP contribution in [0.15, 0.2) is 30.3 Å². The maximum atomic E-state index is 12.3. The summed E-state index contributed by atoms with van der Waals surface area (Å²) in [7, 11) is 0. The molecule has 1 rings (SSSR count). The Morgan fingerprint density at radius 2 is 1.70 bits per heavy atom. The van der Waals surface area contributed by atoms with Gasteiger partial charge in [0.15, 0.2) is 0 Å². The molecule has 126 valence electrons. The molecule has 0 aromatic heterocycles. The summed E-state index contributed by atoms with van der Waals surface area (Å²) in [6, 6.07) is 7.41. The van der Waals surface area contributed by atoms with Crippen LogP contribution in [-0.2, 0) is 14.4 Å². The summed E-state index contributed by atoms with van der Waals surface area (Å²) in [6.45, 7) is 5.25.